The molecule has 0 spiro atoms. The van der Waals surface area contributed by atoms with Gasteiger partial charge in [0.05, 0.1) is 15.5 Å². The first-order valence-corrected chi connectivity index (χ1v) is 11.3. The average Bonchev–Trinajstić information content (AvgIpc) is 2.88. The monoisotopic (exact) mass is 395 g/mol. The van der Waals surface area contributed by atoms with Gasteiger partial charge in [0.2, 0.25) is 0 Å². The number of likely N-dealkylation sites (N-methyl/N-ethyl adjacent to an activating group) is 1. The molecule has 3 rings (SSSR count). The fraction of sp³-hybridized carbons (Fsp3) is 0.333. The van der Waals surface area contributed by atoms with Crippen molar-refractivity contribution in [1.29, 1.82) is 0 Å². The van der Waals surface area contributed by atoms with Crippen LogP contribution in [0.3, 0.4) is 0 Å². The van der Waals surface area contributed by atoms with Gasteiger partial charge in [-0.15, -0.1) is 0 Å². The summed E-state index contributed by atoms with van der Waals surface area (Å²) in [5.74, 6) is 0.153. The van der Waals surface area contributed by atoms with E-state index in [1.54, 1.807) is 30.3 Å². The van der Waals surface area contributed by atoms with Gasteiger partial charge in [-0.05, 0) is 50.0 Å². The van der Waals surface area contributed by atoms with Crippen molar-refractivity contribution in [2.75, 3.05) is 33.0 Å². The van der Waals surface area contributed by atoms with E-state index in [1.807, 2.05) is 19.0 Å². The van der Waals surface area contributed by atoms with Crippen LogP contribution >= 0.6 is 0 Å². The predicted molar refractivity (Wildman–Crippen MR) is 98.9 cm³/mol. The van der Waals surface area contributed by atoms with Gasteiger partial charge in [-0.1, -0.05) is 18.2 Å². The molecule has 140 valence electrons. The Hall–Kier alpha value is -1.90. The third-order valence-corrected chi connectivity index (χ3v) is 8.43. The number of ether oxygens (including phenoxy) is 1. The SMILES string of the molecule is CN(C)CCOc1ccc(S(=O)(=O)C2CS(=O)(=O)c3ccccc32)cc1. The maximum atomic E-state index is 13.0. The molecule has 26 heavy (non-hydrogen) atoms. The molecule has 0 N–H and O–H groups in total. The molecule has 8 heteroatoms. The zero-order chi connectivity index (χ0) is 18.9. The van der Waals surface area contributed by atoms with E-state index in [-0.39, 0.29) is 9.79 Å². The molecule has 0 aliphatic carbocycles. The lowest BCUT2D eigenvalue weighted by atomic mass is 10.2. The number of sulfone groups is 2. The number of fused-ring (bicyclic) bond motifs is 1. The Labute approximate surface area is 154 Å². The number of nitrogens with zero attached hydrogens (tertiary/aromatic N) is 1. The van der Waals surface area contributed by atoms with Crippen molar-refractivity contribution >= 4 is 19.7 Å². The minimum absolute atomic E-state index is 0.0920. The van der Waals surface area contributed by atoms with Crippen LogP contribution in [0.4, 0.5) is 0 Å². The molecule has 0 aromatic heterocycles. The standard InChI is InChI=1S/C18H21NO5S2/c1-19(2)11-12-24-14-7-9-15(10-8-14)26(22,23)18-13-25(20,21)17-6-4-3-5-16(17)18/h3-10,18H,11-13H2,1-2H3. The van der Waals surface area contributed by atoms with E-state index in [1.165, 1.54) is 18.2 Å². The Bertz CT molecular complexity index is 996. The second kappa shape index (κ2) is 7.02. The summed E-state index contributed by atoms with van der Waals surface area (Å²) in [7, 11) is -3.53. The van der Waals surface area contributed by atoms with Gasteiger partial charge in [0.15, 0.2) is 19.7 Å². The second-order valence-corrected chi connectivity index (χ2v) is 10.6. The van der Waals surface area contributed by atoms with E-state index in [2.05, 4.69) is 0 Å². The fourth-order valence-electron chi connectivity index (χ4n) is 2.90. The molecule has 6 nitrogen and oxygen atoms in total. The normalized spacial score (nSPS) is 18.7. The van der Waals surface area contributed by atoms with E-state index in [0.29, 0.717) is 17.9 Å². The van der Waals surface area contributed by atoms with Crippen molar-refractivity contribution in [3.05, 3.63) is 54.1 Å². The molecule has 0 saturated heterocycles. The van der Waals surface area contributed by atoms with Crippen molar-refractivity contribution in [2.45, 2.75) is 15.0 Å². The van der Waals surface area contributed by atoms with Crippen LogP contribution in [0.5, 0.6) is 5.75 Å². The van der Waals surface area contributed by atoms with Gasteiger partial charge in [0.1, 0.15) is 17.6 Å². The molecule has 0 saturated carbocycles. The third kappa shape index (κ3) is 3.62. The quantitative estimate of drug-likeness (QED) is 0.743. The molecule has 1 aliphatic heterocycles. The minimum Gasteiger partial charge on any atom is -0.492 e. The van der Waals surface area contributed by atoms with E-state index in [0.717, 1.165) is 6.54 Å². The summed E-state index contributed by atoms with van der Waals surface area (Å²) in [5, 5.41) is -1.08. The van der Waals surface area contributed by atoms with Gasteiger partial charge in [-0.25, -0.2) is 16.8 Å². The highest BCUT2D eigenvalue weighted by molar-refractivity contribution is 7.96. The first-order valence-electron chi connectivity index (χ1n) is 8.15. The van der Waals surface area contributed by atoms with E-state index in [9.17, 15) is 16.8 Å². The second-order valence-electron chi connectivity index (χ2n) is 6.48. The molecule has 0 amide bonds. The number of hydrogen-bond acceptors (Lipinski definition) is 6. The summed E-state index contributed by atoms with van der Waals surface area (Å²) in [6.45, 7) is 1.24. The third-order valence-electron chi connectivity index (χ3n) is 4.31. The summed E-state index contributed by atoms with van der Waals surface area (Å²) >= 11 is 0. The van der Waals surface area contributed by atoms with Gasteiger partial charge in [0.25, 0.3) is 0 Å². The highest BCUT2D eigenvalue weighted by Gasteiger charge is 2.42. The lowest BCUT2D eigenvalue weighted by Crippen LogP contribution is -2.19. The first kappa shape index (κ1) is 18.9. The van der Waals surface area contributed by atoms with Crippen molar-refractivity contribution in [1.82, 2.24) is 4.90 Å². The maximum Gasteiger partial charge on any atom is 0.186 e. The molecular formula is C18H21NO5S2. The lowest BCUT2D eigenvalue weighted by molar-refractivity contribution is 0.261. The molecule has 1 heterocycles. The molecule has 0 fully saturated rings. The summed E-state index contributed by atoms with van der Waals surface area (Å²) in [4.78, 5) is 2.18. The van der Waals surface area contributed by atoms with E-state index < -0.39 is 30.7 Å². The minimum atomic E-state index is -3.82. The van der Waals surface area contributed by atoms with Crippen LogP contribution in [0.15, 0.2) is 58.3 Å². The van der Waals surface area contributed by atoms with Crippen LogP contribution in [-0.2, 0) is 19.7 Å². The molecule has 2 aromatic carbocycles. The summed E-state index contributed by atoms with van der Waals surface area (Å²) in [6, 6.07) is 12.4. The van der Waals surface area contributed by atoms with Crippen LogP contribution in [0.2, 0.25) is 0 Å². The van der Waals surface area contributed by atoms with Gasteiger partial charge in [-0.3, -0.25) is 0 Å². The molecule has 0 radical (unpaired) electrons. The smallest absolute Gasteiger partial charge is 0.186 e. The highest BCUT2D eigenvalue weighted by atomic mass is 32.2. The highest BCUT2D eigenvalue weighted by Crippen LogP contribution is 2.41. The Morgan fingerprint density at radius 1 is 1.08 bits per heavy atom. The number of rotatable bonds is 6. The number of hydrogen-bond donors (Lipinski definition) is 0. The van der Waals surface area contributed by atoms with Crippen molar-refractivity contribution in [2.24, 2.45) is 0 Å². The van der Waals surface area contributed by atoms with Crippen LogP contribution in [0, 0.1) is 0 Å². The fourth-order valence-corrected chi connectivity index (χ4v) is 7.23. The van der Waals surface area contributed by atoms with E-state index >= 15 is 0 Å². The Kier molecular flexibility index (Phi) is 5.09. The zero-order valence-corrected chi connectivity index (χ0v) is 16.3. The maximum absolute atomic E-state index is 13.0. The summed E-state index contributed by atoms with van der Waals surface area (Å²) in [5.41, 5.74) is 0.346. The average molecular weight is 396 g/mol. The Balaban J connectivity index is 1.85. The van der Waals surface area contributed by atoms with Crippen LogP contribution in [0.1, 0.15) is 10.8 Å². The van der Waals surface area contributed by atoms with Crippen LogP contribution in [0.25, 0.3) is 0 Å². The van der Waals surface area contributed by atoms with Gasteiger partial charge < -0.3 is 9.64 Å². The summed E-state index contributed by atoms with van der Waals surface area (Å²) < 4.78 is 56.1. The summed E-state index contributed by atoms with van der Waals surface area (Å²) in [6.07, 6.45) is 0. The van der Waals surface area contributed by atoms with Gasteiger partial charge >= 0.3 is 0 Å². The zero-order valence-electron chi connectivity index (χ0n) is 14.6. The largest absolute Gasteiger partial charge is 0.492 e. The first-order chi connectivity index (χ1) is 12.2. The lowest BCUT2D eigenvalue weighted by Gasteiger charge is -2.13. The molecule has 1 atom stereocenters. The molecule has 1 aliphatic rings. The van der Waals surface area contributed by atoms with Crippen LogP contribution < -0.4 is 4.74 Å². The van der Waals surface area contributed by atoms with Gasteiger partial charge in [0, 0.05) is 6.54 Å². The van der Waals surface area contributed by atoms with Crippen molar-refractivity contribution in [3.8, 4) is 5.75 Å². The number of benzene rings is 2. The Morgan fingerprint density at radius 2 is 1.73 bits per heavy atom. The Morgan fingerprint density at radius 3 is 2.38 bits per heavy atom. The van der Waals surface area contributed by atoms with Gasteiger partial charge in [-0.2, -0.15) is 0 Å². The van der Waals surface area contributed by atoms with Crippen LogP contribution in [-0.4, -0.2) is 54.7 Å². The topological polar surface area (TPSA) is 80.8 Å². The molecular weight excluding hydrogens is 374 g/mol. The van der Waals surface area contributed by atoms with Crippen molar-refractivity contribution < 1.29 is 21.6 Å². The molecule has 0 bridgehead atoms. The van der Waals surface area contributed by atoms with E-state index in [4.69, 9.17) is 4.74 Å². The molecule has 1 unspecified atom stereocenters. The predicted octanol–water partition coefficient (Wildman–Crippen LogP) is 1.93. The van der Waals surface area contributed by atoms with Crippen molar-refractivity contribution in [3.63, 3.8) is 0 Å². The molecule has 2 aromatic rings.